The molecule has 0 saturated heterocycles. The van der Waals surface area contributed by atoms with Crippen molar-refractivity contribution in [2.45, 2.75) is 72.5 Å². The lowest BCUT2D eigenvalue weighted by atomic mass is 9.52. The molecule has 7 atom stereocenters. The Balaban J connectivity index is 2.28. The zero-order valence-electron chi connectivity index (χ0n) is 13.3. The van der Waals surface area contributed by atoms with E-state index >= 15 is 0 Å². The second kappa shape index (κ2) is 5.37. The molecule has 0 amide bonds. The lowest BCUT2D eigenvalue weighted by Gasteiger charge is -2.55. The first kappa shape index (κ1) is 15.3. The third-order valence-electron chi connectivity index (χ3n) is 6.31. The molecule has 2 nitrogen and oxygen atoms in total. The molecule has 2 aliphatic rings. The van der Waals surface area contributed by atoms with Crippen LogP contribution in [0.2, 0.25) is 0 Å². The topological polar surface area (TPSA) is 40.5 Å². The van der Waals surface area contributed by atoms with Crippen LogP contribution in [-0.2, 0) is 0 Å². The molecule has 112 valence electrons. The van der Waals surface area contributed by atoms with Crippen molar-refractivity contribution in [1.29, 1.82) is 0 Å². The molecule has 0 aromatic rings. The molecule has 0 bridgehead atoms. The highest BCUT2D eigenvalue weighted by Gasteiger charge is 2.53. The van der Waals surface area contributed by atoms with E-state index < -0.39 is 12.2 Å². The Hall–Kier alpha value is -0.0800. The van der Waals surface area contributed by atoms with Crippen LogP contribution in [0.5, 0.6) is 0 Å². The third kappa shape index (κ3) is 2.58. The standard InChI is InChI=1S/C17H32O2/c1-6-10(2)12-8-7-11(3)14-13(12)9-17(4,5)16(19)15(14)18/h10-16,18-19H,6-9H2,1-5H3. The summed E-state index contributed by atoms with van der Waals surface area (Å²) >= 11 is 0. The van der Waals surface area contributed by atoms with E-state index in [9.17, 15) is 10.2 Å². The summed E-state index contributed by atoms with van der Waals surface area (Å²) in [6.45, 7) is 11.1. The van der Waals surface area contributed by atoms with Crippen molar-refractivity contribution in [2.75, 3.05) is 0 Å². The van der Waals surface area contributed by atoms with Crippen LogP contribution in [0.25, 0.3) is 0 Å². The lowest BCUT2D eigenvalue weighted by molar-refractivity contribution is -0.168. The number of hydrogen-bond acceptors (Lipinski definition) is 2. The first-order valence-electron chi connectivity index (χ1n) is 8.15. The van der Waals surface area contributed by atoms with Gasteiger partial charge in [-0.1, -0.05) is 47.5 Å². The van der Waals surface area contributed by atoms with Crippen LogP contribution in [0.15, 0.2) is 0 Å². The predicted molar refractivity (Wildman–Crippen MR) is 78.7 cm³/mol. The van der Waals surface area contributed by atoms with Gasteiger partial charge in [0.25, 0.3) is 0 Å². The van der Waals surface area contributed by atoms with Crippen molar-refractivity contribution in [2.24, 2.45) is 35.0 Å². The largest absolute Gasteiger partial charge is 0.390 e. The number of aliphatic hydroxyl groups excluding tert-OH is 2. The molecule has 0 spiro atoms. The van der Waals surface area contributed by atoms with Gasteiger partial charge in [-0.15, -0.1) is 0 Å². The van der Waals surface area contributed by atoms with E-state index in [4.69, 9.17) is 0 Å². The Labute approximate surface area is 118 Å². The van der Waals surface area contributed by atoms with Gasteiger partial charge in [-0.05, 0) is 47.8 Å². The van der Waals surface area contributed by atoms with Crippen LogP contribution >= 0.6 is 0 Å². The molecule has 0 heterocycles. The monoisotopic (exact) mass is 268 g/mol. The van der Waals surface area contributed by atoms with Gasteiger partial charge in [0.2, 0.25) is 0 Å². The molecule has 2 N–H and O–H groups in total. The molecular weight excluding hydrogens is 236 g/mol. The van der Waals surface area contributed by atoms with Crippen LogP contribution in [0.3, 0.4) is 0 Å². The molecule has 2 saturated carbocycles. The summed E-state index contributed by atoms with van der Waals surface area (Å²) in [7, 11) is 0. The minimum atomic E-state index is -0.563. The molecule has 2 rings (SSSR count). The molecule has 2 fully saturated rings. The smallest absolute Gasteiger partial charge is 0.0852 e. The van der Waals surface area contributed by atoms with E-state index in [-0.39, 0.29) is 5.41 Å². The van der Waals surface area contributed by atoms with Crippen LogP contribution in [0.4, 0.5) is 0 Å². The zero-order valence-corrected chi connectivity index (χ0v) is 13.3. The zero-order chi connectivity index (χ0) is 14.4. The molecule has 0 radical (unpaired) electrons. The first-order chi connectivity index (χ1) is 8.79. The normalized spacial score (nSPS) is 47.5. The van der Waals surface area contributed by atoms with Crippen molar-refractivity contribution in [1.82, 2.24) is 0 Å². The summed E-state index contributed by atoms with van der Waals surface area (Å²) in [5, 5.41) is 21.0. The van der Waals surface area contributed by atoms with Crippen molar-refractivity contribution in [3.8, 4) is 0 Å². The SMILES string of the molecule is CCC(C)C1CCC(C)C2C(O)C(O)C(C)(C)CC12. The Morgan fingerprint density at radius 1 is 1.21 bits per heavy atom. The van der Waals surface area contributed by atoms with Crippen molar-refractivity contribution >= 4 is 0 Å². The van der Waals surface area contributed by atoms with Gasteiger partial charge < -0.3 is 10.2 Å². The van der Waals surface area contributed by atoms with Gasteiger partial charge >= 0.3 is 0 Å². The van der Waals surface area contributed by atoms with E-state index in [2.05, 4.69) is 34.6 Å². The summed E-state index contributed by atoms with van der Waals surface area (Å²) in [6.07, 6.45) is 3.70. The molecule has 2 heteroatoms. The Bertz CT molecular complexity index is 312. The average molecular weight is 268 g/mol. The van der Waals surface area contributed by atoms with Gasteiger partial charge in [0.1, 0.15) is 0 Å². The van der Waals surface area contributed by atoms with E-state index in [0.29, 0.717) is 17.8 Å². The molecule has 7 unspecified atom stereocenters. The van der Waals surface area contributed by atoms with E-state index in [1.165, 1.54) is 19.3 Å². The third-order valence-corrected chi connectivity index (χ3v) is 6.31. The van der Waals surface area contributed by atoms with Crippen LogP contribution in [0, 0.1) is 35.0 Å². The van der Waals surface area contributed by atoms with Crippen molar-refractivity contribution in [3.05, 3.63) is 0 Å². The summed E-state index contributed by atoms with van der Waals surface area (Å²) < 4.78 is 0. The van der Waals surface area contributed by atoms with Crippen LogP contribution in [-0.4, -0.2) is 22.4 Å². The predicted octanol–water partition coefficient (Wildman–Crippen LogP) is 3.46. The molecule has 0 aromatic heterocycles. The highest BCUT2D eigenvalue weighted by atomic mass is 16.3. The number of aliphatic hydroxyl groups is 2. The van der Waals surface area contributed by atoms with E-state index in [1.54, 1.807) is 0 Å². The second-order valence-corrected chi connectivity index (χ2v) is 7.97. The fraction of sp³-hybridized carbons (Fsp3) is 1.00. The highest BCUT2D eigenvalue weighted by molar-refractivity contribution is 5.02. The quantitative estimate of drug-likeness (QED) is 0.805. The minimum Gasteiger partial charge on any atom is -0.390 e. The van der Waals surface area contributed by atoms with Gasteiger partial charge in [0.15, 0.2) is 0 Å². The fourth-order valence-electron chi connectivity index (χ4n) is 4.86. The molecular formula is C17H32O2. The Kier molecular flexibility index (Phi) is 4.32. The summed E-state index contributed by atoms with van der Waals surface area (Å²) in [5.74, 6) is 2.90. The minimum absolute atomic E-state index is 0.149. The maximum absolute atomic E-state index is 10.6. The summed E-state index contributed by atoms with van der Waals surface area (Å²) in [4.78, 5) is 0. The summed E-state index contributed by atoms with van der Waals surface area (Å²) in [5.41, 5.74) is -0.149. The first-order valence-corrected chi connectivity index (χ1v) is 8.15. The van der Waals surface area contributed by atoms with E-state index in [1.807, 2.05) is 0 Å². The lowest BCUT2D eigenvalue weighted by Crippen LogP contribution is -2.57. The number of rotatable bonds is 2. The highest BCUT2D eigenvalue weighted by Crippen LogP contribution is 2.54. The Morgan fingerprint density at radius 3 is 2.42 bits per heavy atom. The maximum Gasteiger partial charge on any atom is 0.0852 e. The van der Waals surface area contributed by atoms with Gasteiger partial charge in [0, 0.05) is 0 Å². The van der Waals surface area contributed by atoms with Crippen molar-refractivity contribution < 1.29 is 10.2 Å². The van der Waals surface area contributed by atoms with Gasteiger partial charge in [-0.2, -0.15) is 0 Å². The second-order valence-electron chi connectivity index (χ2n) is 7.97. The molecule has 19 heavy (non-hydrogen) atoms. The number of fused-ring (bicyclic) bond motifs is 1. The number of hydrogen-bond donors (Lipinski definition) is 2. The Morgan fingerprint density at radius 2 is 1.84 bits per heavy atom. The van der Waals surface area contributed by atoms with Gasteiger partial charge in [0.05, 0.1) is 12.2 Å². The van der Waals surface area contributed by atoms with Crippen molar-refractivity contribution in [3.63, 3.8) is 0 Å². The van der Waals surface area contributed by atoms with Crippen LogP contribution in [0.1, 0.15) is 60.3 Å². The van der Waals surface area contributed by atoms with Gasteiger partial charge in [-0.25, -0.2) is 0 Å². The maximum atomic E-state index is 10.6. The molecule has 0 aromatic carbocycles. The fourth-order valence-corrected chi connectivity index (χ4v) is 4.86. The van der Waals surface area contributed by atoms with Crippen LogP contribution < -0.4 is 0 Å². The molecule has 2 aliphatic carbocycles. The van der Waals surface area contributed by atoms with E-state index in [0.717, 1.165) is 18.3 Å². The average Bonchev–Trinajstić information content (AvgIpc) is 2.35. The molecule has 0 aliphatic heterocycles. The van der Waals surface area contributed by atoms with Gasteiger partial charge in [-0.3, -0.25) is 0 Å². The summed E-state index contributed by atoms with van der Waals surface area (Å²) in [6, 6.07) is 0.